The average Bonchev–Trinajstić information content (AvgIpc) is 3.57. The number of amides is 3. The summed E-state index contributed by atoms with van der Waals surface area (Å²) < 4.78 is 40.3. The Kier molecular flexibility index (Phi) is 8.71. The highest BCUT2D eigenvalue weighted by Gasteiger charge is 2.35. The summed E-state index contributed by atoms with van der Waals surface area (Å²) in [6.45, 7) is 7.11. The van der Waals surface area contributed by atoms with Crippen molar-refractivity contribution in [2.45, 2.75) is 44.0 Å². The lowest BCUT2D eigenvalue weighted by Crippen LogP contribution is -2.50. The summed E-state index contributed by atoms with van der Waals surface area (Å²) in [5, 5.41) is 18.2. The van der Waals surface area contributed by atoms with Gasteiger partial charge >= 0.3 is 6.03 Å². The molecular weight excluding hydrogens is 558 g/mol. The molecule has 14 heteroatoms. The Morgan fingerprint density at radius 2 is 2.05 bits per heavy atom. The van der Waals surface area contributed by atoms with Crippen LogP contribution >= 0.6 is 11.3 Å². The molecule has 12 nitrogen and oxygen atoms in total. The van der Waals surface area contributed by atoms with Gasteiger partial charge in [-0.3, -0.25) is 9.52 Å². The number of nitrogens with one attached hydrogen (secondary N) is 2. The molecule has 0 bridgehead atoms. The fourth-order valence-corrected chi connectivity index (χ4v) is 6.43. The quantitative estimate of drug-likeness (QED) is 0.359. The van der Waals surface area contributed by atoms with Crippen LogP contribution in [-0.4, -0.2) is 79.3 Å². The molecule has 4 rings (SSSR count). The van der Waals surface area contributed by atoms with Crippen molar-refractivity contribution in [2.24, 2.45) is 5.92 Å². The normalized spacial score (nSPS) is 18.2. The lowest BCUT2D eigenvalue weighted by molar-refractivity contribution is 0.0373. The molecule has 0 aliphatic carbocycles. The number of anilines is 2. The summed E-state index contributed by atoms with van der Waals surface area (Å²) in [5.41, 5.74) is 1.26. The number of likely N-dealkylation sites (N-methyl/N-ethyl adjacent to an activating group) is 1. The van der Waals surface area contributed by atoms with E-state index in [4.69, 9.17) is 9.26 Å². The number of hydrogen-bond acceptors (Lipinski definition) is 9. The second-order valence-electron chi connectivity index (χ2n) is 9.85. The first-order valence-electron chi connectivity index (χ1n) is 12.7. The number of para-hydroxylation sites is 1. The Morgan fingerprint density at radius 3 is 2.67 bits per heavy atom. The van der Waals surface area contributed by atoms with Crippen LogP contribution in [0.25, 0.3) is 0 Å². The van der Waals surface area contributed by atoms with Crippen LogP contribution in [0.4, 0.5) is 16.2 Å². The largest absolute Gasteiger partial charge is 0.485 e. The summed E-state index contributed by atoms with van der Waals surface area (Å²) in [6.07, 6.45) is -0.645. The van der Waals surface area contributed by atoms with Crippen LogP contribution in [0.15, 0.2) is 44.4 Å². The van der Waals surface area contributed by atoms with Crippen molar-refractivity contribution >= 4 is 44.7 Å². The number of fused-ring (bicyclic) bond motifs is 1. The summed E-state index contributed by atoms with van der Waals surface area (Å²) in [4.78, 5) is 29.7. The van der Waals surface area contributed by atoms with Gasteiger partial charge in [-0.2, -0.15) is 0 Å². The van der Waals surface area contributed by atoms with Crippen molar-refractivity contribution in [3.8, 4) is 5.75 Å². The molecule has 0 fully saturated rings. The predicted molar refractivity (Wildman–Crippen MR) is 150 cm³/mol. The highest BCUT2D eigenvalue weighted by Crippen LogP contribution is 2.36. The lowest BCUT2D eigenvalue weighted by Gasteiger charge is -2.38. The summed E-state index contributed by atoms with van der Waals surface area (Å²) in [7, 11) is -2.34. The van der Waals surface area contributed by atoms with Gasteiger partial charge in [0.15, 0.2) is 11.5 Å². The van der Waals surface area contributed by atoms with Crippen molar-refractivity contribution in [2.75, 3.05) is 36.8 Å². The van der Waals surface area contributed by atoms with Gasteiger partial charge in [0.2, 0.25) is 0 Å². The molecule has 3 atom stereocenters. The number of rotatable bonds is 8. The number of nitrogens with zero attached hydrogens (tertiary/aromatic N) is 3. The third-order valence-corrected chi connectivity index (χ3v) is 9.52. The number of carbonyl (C=O) groups is 2. The molecule has 3 N–H and O–H groups in total. The molecule has 0 saturated carbocycles. The van der Waals surface area contributed by atoms with Gasteiger partial charge in [0.05, 0.1) is 30.4 Å². The number of sulfonamides is 1. The van der Waals surface area contributed by atoms with E-state index in [0.29, 0.717) is 17.1 Å². The first-order chi connectivity index (χ1) is 18.9. The molecule has 3 aromatic rings. The number of aromatic nitrogens is 1. The van der Waals surface area contributed by atoms with Crippen LogP contribution in [0.3, 0.4) is 0 Å². The number of carbonyl (C=O) groups excluding carboxylic acids is 2. The Labute approximate surface area is 237 Å². The molecule has 1 aliphatic heterocycles. The molecule has 40 heavy (non-hydrogen) atoms. The first-order valence-corrected chi connectivity index (χ1v) is 15.0. The third-order valence-electron chi connectivity index (χ3n) is 6.76. The van der Waals surface area contributed by atoms with Crippen LogP contribution in [0.2, 0.25) is 0 Å². The van der Waals surface area contributed by atoms with E-state index in [2.05, 4.69) is 15.2 Å². The van der Waals surface area contributed by atoms with Crippen LogP contribution in [0.5, 0.6) is 5.75 Å². The zero-order valence-electron chi connectivity index (χ0n) is 22.9. The van der Waals surface area contributed by atoms with Crippen molar-refractivity contribution < 1.29 is 32.4 Å². The monoisotopic (exact) mass is 591 g/mol. The molecular formula is C26H33N5O7S2. The van der Waals surface area contributed by atoms with Crippen molar-refractivity contribution in [1.29, 1.82) is 0 Å². The van der Waals surface area contributed by atoms with Gasteiger partial charge in [0.1, 0.15) is 21.7 Å². The van der Waals surface area contributed by atoms with E-state index >= 15 is 0 Å². The minimum absolute atomic E-state index is 0.0545. The summed E-state index contributed by atoms with van der Waals surface area (Å²) in [5.74, 6) is -0.177. The number of aliphatic hydroxyl groups is 1. The van der Waals surface area contributed by atoms with E-state index in [1.807, 2.05) is 6.92 Å². The van der Waals surface area contributed by atoms with Crippen LogP contribution in [0, 0.1) is 19.8 Å². The molecule has 0 spiro atoms. The second-order valence-corrected chi connectivity index (χ2v) is 12.7. The fourth-order valence-electron chi connectivity index (χ4n) is 4.37. The standard InChI is InChI=1S/C26H33N5O7S2/c1-15-12-31(16(2)14-32)25(33)19-8-6-9-20(29-40(35,36)22-10-7-11-39-22)24(19)37-21(15)13-30(5)26(34)27-23-17(3)28-38-18(23)4/h6-11,15-16,21,29,32H,12-14H2,1-5H3,(H,27,34)/t15-,16+,21-/m0/s1. The van der Waals surface area contributed by atoms with Crippen molar-refractivity contribution in [1.82, 2.24) is 15.0 Å². The van der Waals surface area contributed by atoms with E-state index in [1.165, 1.54) is 17.0 Å². The SMILES string of the molecule is Cc1noc(C)c1NC(=O)N(C)C[C@@H]1Oc2c(NS(=O)(=O)c3cccs3)cccc2C(=O)N([C@H](C)CO)C[C@@H]1C. The first kappa shape index (κ1) is 29.4. The average molecular weight is 592 g/mol. The number of aliphatic hydroxyl groups excluding tert-OH is 1. The molecule has 0 unspecified atom stereocenters. The highest BCUT2D eigenvalue weighted by molar-refractivity contribution is 7.94. The van der Waals surface area contributed by atoms with Gasteiger partial charge in [-0.25, -0.2) is 13.2 Å². The smallest absolute Gasteiger partial charge is 0.321 e. The van der Waals surface area contributed by atoms with Crippen molar-refractivity contribution in [3.05, 3.63) is 52.7 Å². The van der Waals surface area contributed by atoms with E-state index in [1.54, 1.807) is 56.3 Å². The van der Waals surface area contributed by atoms with Gasteiger partial charge in [0.25, 0.3) is 15.9 Å². The topological polar surface area (TPSA) is 154 Å². The Bertz CT molecular complexity index is 1450. The predicted octanol–water partition coefficient (Wildman–Crippen LogP) is 3.54. The number of thiophene rings is 1. The number of aryl methyl sites for hydroxylation is 2. The molecule has 3 heterocycles. The van der Waals surface area contributed by atoms with Gasteiger partial charge < -0.3 is 29.5 Å². The summed E-state index contributed by atoms with van der Waals surface area (Å²) >= 11 is 1.06. The van der Waals surface area contributed by atoms with Crippen LogP contribution in [-0.2, 0) is 10.0 Å². The number of ether oxygens (including phenoxy) is 1. The van der Waals surface area contributed by atoms with Gasteiger partial charge in [-0.15, -0.1) is 11.3 Å². The molecule has 0 radical (unpaired) electrons. The Morgan fingerprint density at radius 1 is 1.30 bits per heavy atom. The van der Waals surface area contributed by atoms with Crippen molar-refractivity contribution in [3.63, 3.8) is 0 Å². The lowest BCUT2D eigenvalue weighted by atomic mass is 9.99. The Balaban J connectivity index is 1.69. The molecule has 216 valence electrons. The van der Waals surface area contributed by atoms with E-state index < -0.39 is 34.1 Å². The van der Waals surface area contributed by atoms with E-state index in [0.717, 1.165) is 11.3 Å². The zero-order valence-corrected chi connectivity index (χ0v) is 24.5. The summed E-state index contributed by atoms with van der Waals surface area (Å²) in [6, 6.07) is 6.83. The van der Waals surface area contributed by atoms with Gasteiger partial charge in [0, 0.05) is 19.5 Å². The minimum atomic E-state index is -3.95. The zero-order chi connectivity index (χ0) is 29.2. The number of benzene rings is 1. The molecule has 3 amide bonds. The third kappa shape index (κ3) is 6.08. The second kappa shape index (κ2) is 11.9. The molecule has 0 saturated heterocycles. The maximum atomic E-state index is 13.6. The highest BCUT2D eigenvalue weighted by atomic mass is 32.2. The fraction of sp³-hybridized carbons (Fsp3) is 0.423. The Hall–Kier alpha value is -3.62. The van der Waals surface area contributed by atoms with Gasteiger partial charge in [-0.1, -0.05) is 24.2 Å². The van der Waals surface area contributed by atoms with Crippen LogP contribution < -0.4 is 14.8 Å². The number of urea groups is 1. The maximum absolute atomic E-state index is 13.6. The maximum Gasteiger partial charge on any atom is 0.321 e. The number of hydrogen-bond donors (Lipinski definition) is 3. The van der Waals surface area contributed by atoms with Crippen LogP contribution in [0.1, 0.15) is 35.7 Å². The molecule has 1 aromatic carbocycles. The van der Waals surface area contributed by atoms with E-state index in [9.17, 15) is 23.1 Å². The molecule has 1 aliphatic rings. The minimum Gasteiger partial charge on any atom is -0.485 e. The van der Waals surface area contributed by atoms with E-state index in [-0.39, 0.29) is 46.8 Å². The molecule has 2 aromatic heterocycles. The van der Waals surface area contributed by atoms with Gasteiger partial charge in [-0.05, 0) is 44.4 Å².